The topological polar surface area (TPSA) is 48.0 Å². The van der Waals surface area contributed by atoms with Gasteiger partial charge in [-0.15, -0.1) is 0 Å². The van der Waals surface area contributed by atoms with Crippen LogP contribution in [0.5, 0.6) is 0 Å². The number of rotatable bonds is 5. The van der Waals surface area contributed by atoms with Crippen LogP contribution in [-0.4, -0.2) is 57.1 Å². The van der Waals surface area contributed by atoms with E-state index in [9.17, 15) is 4.79 Å². The summed E-state index contributed by atoms with van der Waals surface area (Å²) in [5.41, 5.74) is 1.21. The van der Waals surface area contributed by atoms with Crippen molar-refractivity contribution in [3.8, 4) is 0 Å². The summed E-state index contributed by atoms with van der Waals surface area (Å²) in [4.78, 5) is 14.8. The quantitative estimate of drug-likeness (QED) is 0.614. The Kier molecular flexibility index (Phi) is 4.99. The Labute approximate surface area is 137 Å². The Morgan fingerprint density at radius 2 is 1.91 bits per heavy atom. The average molecular weight is 319 g/mol. The summed E-state index contributed by atoms with van der Waals surface area (Å²) in [5.74, 6) is -0.104. The first kappa shape index (κ1) is 16.4. The third kappa shape index (κ3) is 3.01. The Balaban J connectivity index is 1.90. The summed E-state index contributed by atoms with van der Waals surface area (Å²) in [6, 6.07) is 10.7. The number of hydrogen-bond acceptors (Lipinski definition) is 5. The molecule has 2 unspecified atom stereocenters. The van der Waals surface area contributed by atoms with E-state index in [-0.39, 0.29) is 30.0 Å². The van der Waals surface area contributed by atoms with Crippen molar-refractivity contribution in [2.45, 2.75) is 36.9 Å². The molecule has 5 nitrogen and oxygen atoms in total. The fraction of sp³-hybridized carbons (Fsp3) is 0.611. The molecule has 5 heteroatoms. The molecule has 23 heavy (non-hydrogen) atoms. The number of piperidine rings is 1. The molecule has 5 atom stereocenters. The van der Waals surface area contributed by atoms with Crippen molar-refractivity contribution in [1.29, 1.82) is 0 Å². The summed E-state index contributed by atoms with van der Waals surface area (Å²) in [6.45, 7) is 0.292. The molecule has 2 bridgehead atoms. The molecule has 2 saturated heterocycles. The predicted octanol–water partition coefficient (Wildman–Crippen LogP) is 2.02. The van der Waals surface area contributed by atoms with Crippen molar-refractivity contribution in [3.05, 3.63) is 35.9 Å². The van der Waals surface area contributed by atoms with Gasteiger partial charge in [-0.25, -0.2) is 0 Å². The van der Waals surface area contributed by atoms with Crippen LogP contribution < -0.4 is 0 Å². The van der Waals surface area contributed by atoms with Gasteiger partial charge in [0, 0.05) is 25.1 Å². The van der Waals surface area contributed by atoms with Gasteiger partial charge in [-0.2, -0.15) is 0 Å². The van der Waals surface area contributed by atoms with Crippen LogP contribution in [0.15, 0.2) is 30.3 Å². The number of nitrogens with zero attached hydrogens (tertiary/aromatic N) is 1. The van der Waals surface area contributed by atoms with E-state index in [1.54, 1.807) is 7.11 Å². The van der Waals surface area contributed by atoms with Crippen LogP contribution in [0.2, 0.25) is 0 Å². The second-order valence-electron chi connectivity index (χ2n) is 6.45. The highest BCUT2D eigenvalue weighted by Crippen LogP contribution is 2.47. The van der Waals surface area contributed by atoms with E-state index in [2.05, 4.69) is 24.1 Å². The molecule has 0 amide bonds. The van der Waals surface area contributed by atoms with E-state index in [1.807, 2.05) is 18.2 Å². The minimum Gasteiger partial charge on any atom is -0.469 e. The maximum absolute atomic E-state index is 12.5. The normalized spacial score (nSPS) is 33.6. The molecule has 3 rings (SSSR count). The number of hydrogen-bond donors (Lipinski definition) is 0. The lowest BCUT2D eigenvalue weighted by atomic mass is 9.76. The number of methoxy groups -OCH3 is 2. The summed E-state index contributed by atoms with van der Waals surface area (Å²) >= 11 is 0. The number of carbonyl (C=O) groups excluding carboxylic acids is 1. The largest absolute Gasteiger partial charge is 0.469 e. The second-order valence-corrected chi connectivity index (χ2v) is 6.45. The van der Waals surface area contributed by atoms with Crippen molar-refractivity contribution in [2.75, 3.05) is 28.1 Å². The predicted molar refractivity (Wildman–Crippen MR) is 86.0 cm³/mol. The molecule has 1 aromatic rings. The molecule has 2 aliphatic rings. The number of fused-ring (bicyclic) bond motifs is 2. The maximum atomic E-state index is 12.5. The summed E-state index contributed by atoms with van der Waals surface area (Å²) < 4.78 is 16.1. The molecule has 0 aliphatic carbocycles. The Morgan fingerprint density at radius 1 is 1.17 bits per heavy atom. The van der Waals surface area contributed by atoms with Crippen LogP contribution >= 0.6 is 0 Å². The first-order chi connectivity index (χ1) is 11.2. The molecule has 0 radical (unpaired) electrons. The van der Waals surface area contributed by atoms with Gasteiger partial charge in [0.1, 0.15) is 6.79 Å². The van der Waals surface area contributed by atoms with Crippen LogP contribution in [-0.2, 0) is 19.0 Å². The number of esters is 1. The minimum atomic E-state index is -0.153. The van der Waals surface area contributed by atoms with E-state index >= 15 is 0 Å². The zero-order chi connectivity index (χ0) is 16.4. The summed E-state index contributed by atoms with van der Waals surface area (Å²) in [5, 5.41) is 0. The van der Waals surface area contributed by atoms with Gasteiger partial charge in [-0.05, 0) is 25.5 Å². The first-order valence-corrected chi connectivity index (χ1v) is 8.12. The van der Waals surface area contributed by atoms with Crippen LogP contribution in [0.3, 0.4) is 0 Å². The molecule has 126 valence electrons. The van der Waals surface area contributed by atoms with Crippen molar-refractivity contribution >= 4 is 5.97 Å². The van der Waals surface area contributed by atoms with Crippen LogP contribution in [0.25, 0.3) is 0 Å². The Morgan fingerprint density at radius 3 is 2.57 bits per heavy atom. The Bertz CT molecular complexity index is 535. The lowest BCUT2D eigenvalue weighted by Crippen LogP contribution is -2.50. The van der Waals surface area contributed by atoms with Crippen molar-refractivity contribution in [2.24, 2.45) is 5.92 Å². The fourth-order valence-corrected chi connectivity index (χ4v) is 4.30. The van der Waals surface area contributed by atoms with Crippen molar-refractivity contribution < 1.29 is 19.0 Å². The molecule has 2 heterocycles. The minimum absolute atomic E-state index is 0.103. The number of carbonyl (C=O) groups is 1. The molecule has 0 aromatic heterocycles. The molecular weight excluding hydrogens is 294 g/mol. The van der Waals surface area contributed by atoms with Gasteiger partial charge < -0.3 is 14.2 Å². The van der Waals surface area contributed by atoms with Gasteiger partial charge in [0.25, 0.3) is 0 Å². The highest BCUT2D eigenvalue weighted by Gasteiger charge is 2.54. The fourth-order valence-electron chi connectivity index (χ4n) is 4.30. The Hall–Kier alpha value is -1.43. The summed E-state index contributed by atoms with van der Waals surface area (Å²) in [6.07, 6.45) is 1.84. The molecule has 0 N–H and O–H groups in total. The van der Waals surface area contributed by atoms with Gasteiger partial charge in [0.2, 0.25) is 0 Å². The molecular formula is C18H25NO4. The van der Waals surface area contributed by atoms with E-state index in [4.69, 9.17) is 14.2 Å². The zero-order valence-corrected chi connectivity index (χ0v) is 14.0. The van der Waals surface area contributed by atoms with Gasteiger partial charge >= 0.3 is 5.97 Å². The highest BCUT2D eigenvalue weighted by atomic mass is 16.7. The third-order valence-electron chi connectivity index (χ3n) is 5.39. The standard InChI is InChI=1S/C18H25NO4/c1-19-14-9-13(12-7-5-4-6-8-12)17(18(20)22-3)15(19)10-16(14)23-11-21-2/h4-8,13-17H,9-11H2,1-3H3/t13-,14?,15?,16-,17-/m0/s1. The maximum Gasteiger partial charge on any atom is 0.310 e. The van der Waals surface area contributed by atoms with Crippen LogP contribution in [0.4, 0.5) is 0 Å². The van der Waals surface area contributed by atoms with Crippen LogP contribution in [0, 0.1) is 5.92 Å². The van der Waals surface area contributed by atoms with Gasteiger partial charge in [-0.1, -0.05) is 30.3 Å². The lowest BCUT2D eigenvalue weighted by molar-refractivity contribution is -0.150. The molecule has 0 spiro atoms. The number of ether oxygens (including phenoxy) is 3. The highest BCUT2D eigenvalue weighted by molar-refractivity contribution is 5.75. The third-order valence-corrected chi connectivity index (χ3v) is 5.39. The van der Waals surface area contributed by atoms with Gasteiger partial charge in [-0.3, -0.25) is 9.69 Å². The average Bonchev–Trinajstić information content (AvgIpc) is 2.79. The van der Waals surface area contributed by atoms with Crippen molar-refractivity contribution in [1.82, 2.24) is 4.90 Å². The number of likely N-dealkylation sites (N-methyl/N-ethyl adjacent to an activating group) is 1. The van der Waals surface area contributed by atoms with Gasteiger partial charge in [0.15, 0.2) is 0 Å². The van der Waals surface area contributed by atoms with Crippen LogP contribution in [0.1, 0.15) is 24.3 Å². The van der Waals surface area contributed by atoms with E-state index in [0.717, 1.165) is 12.8 Å². The summed E-state index contributed by atoms with van der Waals surface area (Å²) in [7, 11) is 5.20. The molecule has 0 saturated carbocycles. The van der Waals surface area contributed by atoms with E-state index < -0.39 is 0 Å². The van der Waals surface area contributed by atoms with E-state index in [1.165, 1.54) is 12.7 Å². The second kappa shape index (κ2) is 6.99. The first-order valence-electron chi connectivity index (χ1n) is 8.12. The van der Waals surface area contributed by atoms with E-state index in [0.29, 0.717) is 12.8 Å². The molecule has 1 aromatic carbocycles. The lowest BCUT2D eigenvalue weighted by Gasteiger charge is -2.41. The smallest absolute Gasteiger partial charge is 0.310 e. The monoisotopic (exact) mass is 319 g/mol. The molecule has 2 aliphatic heterocycles. The van der Waals surface area contributed by atoms with Crippen molar-refractivity contribution in [3.63, 3.8) is 0 Å². The van der Waals surface area contributed by atoms with Gasteiger partial charge in [0.05, 0.1) is 19.1 Å². The molecule has 2 fully saturated rings. The SMILES string of the molecule is COCO[C@H]1CC2[C@@H](C(=O)OC)[C@H](c3ccccc3)CC1N2C. The number of benzene rings is 1. The zero-order valence-electron chi connectivity index (χ0n) is 14.0.